The van der Waals surface area contributed by atoms with Gasteiger partial charge in [0.05, 0.1) is 6.04 Å². The standard InChI is InChI=1S/C28H42N6O5/c1-17(2)14-20(30)25(35)32-22(10-5-6-12-29)26(36)33-23(27(37)34-13-7-11-24(34)28(38)39)15-18-16-31-21-9-4-3-8-19(18)21/h3-4,8-9,16-17,20,22-24,31H,5-7,10-15,29-30H2,1-2H3,(H,32,35)(H,33,36)(H,38,39). The number of benzene rings is 1. The molecule has 1 aliphatic rings. The van der Waals surface area contributed by atoms with Crippen molar-refractivity contribution in [2.75, 3.05) is 13.1 Å². The Morgan fingerprint density at radius 2 is 1.82 bits per heavy atom. The molecule has 39 heavy (non-hydrogen) atoms. The molecule has 1 aliphatic heterocycles. The van der Waals surface area contributed by atoms with Gasteiger partial charge < -0.3 is 37.1 Å². The van der Waals surface area contributed by atoms with Gasteiger partial charge >= 0.3 is 5.97 Å². The lowest BCUT2D eigenvalue weighted by Crippen LogP contribution is -2.57. The second kappa shape index (κ2) is 14.1. The van der Waals surface area contributed by atoms with E-state index < -0.39 is 47.9 Å². The van der Waals surface area contributed by atoms with E-state index in [0.29, 0.717) is 51.6 Å². The van der Waals surface area contributed by atoms with Crippen molar-refractivity contribution < 1.29 is 24.3 Å². The van der Waals surface area contributed by atoms with Gasteiger partial charge in [0.1, 0.15) is 18.1 Å². The van der Waals surface area contributed by atoms with Crippen LogP contribution < -0.4 is 22.1 Å². The van der Waals surface area contributed by atoms with Crippen LogP contribution in [0.5, 0.6) is 0 Å². The van der Waals surface area contributed by atoms with Gasteiger partial charge in [-0.15, -0.1) is 0 Å². The second-order valence-electron chi connectivity index (χ2n) is 10.7. The summed E-state index contributed by atoms with van der Waals surface area (Å²) in [5.74, 6) is -2.26. The molecule has 2 aromatic rings. The Hall–Kier alpha value is -3.44. The zero-order valence-electron chi connectivity index (χ0n) is 22.8. The molecular formula is C28H42N6O5. The van der Waals surface area contributed by atoms with Crippen molar-refractivity contribution in [3.05, 3.63) is 36.0 Å². The van der Waals surface area contributed by atoms with Crippen molar-refractivity contribution in [1.82, 2.24) is 20.5 Å². The fourth-order valence-corrected chi connectivity index (χ4v) is 5.14. The van der Waals surface area contributed by atoms with Crippen molar-refractivity contribution >= 4 is 34.6 Å². The highest BCUT2D eigenvalue weighted by Gasteiger charge is 2.38. The molecule has 1 aromatic carbocycles. The van der Waals surface area contributed by atoms with E-state index >= 15 is 0 Å². The summed E-state index contributed by atoms with van der Waals surface area (Å²) in [5.41, 5.74) is 13.4. The van der Waals surface area contributed by atoms with Gasteiger partial charge in [-0.25, -0.2) is 4.79 Å². The van der Waals surface area contributed by atoms with E-state index in [1.54, 1.807) is 6.20 Å². The van der Waals surface area contributed by atoms with Crippen LogP contribution in [0.15, 0.2) is 30.5 Å². The van der Waals surface area contributed by atoms with Crippen molar-refractivity contribution in [2.45, 2.75) is 83.0 Å². The van der Waals surface area contributed by atoms with Crippen molar-refractivity contribution in [3.8, 4) is 0 Å². The summed E-state index contributed by atoms with van der Waals surface area (Å²) in [6.07, 6.45) is 4.96. The number of unbranched alkanes of at least 4 members (excludes halogenated alkanes) is 1. The number of carbonyl (C=O) groups is 4. The maximum Gasteiger partial charge on any atom is 0.326 e. The lowest BCUT2D eigenvalue weighted by atomic mass is 10.0. The number of likely N-dealkylation sites (tertiary alicyclic amines) is 1. The molecule has 3 amide bonds. The molecule has 4 unspecified atom stereocenters. The molecule has 1 fully saturated rings. The second-order valence-corrected chi connectivity index (χ2v) is 10.7. The maximum atomic E-state index is 13.7. The van der Waals surface area contributed by atoms with Gasteiger partial charge in [0, 0.05) is 30.1 Å². The van der Waals surface area contributed by atoms with Gasteiger partial charge in [-0.1, -0.05) is 32.0 Å². The van der Waals surface area contributed by atoms with Gasteiger partial charge in [0.15, 0.2) is 0 Å². The highest BCUT2D eigenvalue weighted by atomic mass is 16.4. The molecule has 0 bridgehead atoms. The third-order valence-corrected chi connectivity index (χ3v) is 7.18. The Morgan fingerprint density at radius 1 is 1.10 bits per heavy atom. The Balaban J connectivity index is 1.85. The van der Waals surface area contributed by atoms with E-state index in [4.69, 9.17) is 11.5 Å². The fourth-order valence-electron chi connectivity index (χ4n) is 5.14. The number of nitrogens with one attached hydrogen (secondary N) is 3. The van der Waals surface area contributed by atoms with E-state index in [1.165, 1.54) is 4.90 Å². The van der Waals surface area contributed by atoms with E-state index in [9.17, 15) is 24.3 Å². The molecule has 1 aromatic heterocycles. The molecule has 2 heterocycles. The SMILES string of the molecule is CC(C)CC(N)C(=O)NC(CCCCN)C(=O)NC(Cc1c[nH]c2ccccc12)C(=O)N1CCCC1C(=O)O. The number of hydrogen-bond acceptors (Lipinski definition) is 6. The molecule has 214 valence electrons. The number of fused-ring (bicyclic) bond motifs is 1. The van der Waals surface area contributed by atoms with Crippen LogP contribution in [0.1, 0.15) is 57.9 Å². The number of nitrogens with two attached hydrogens (primary N) is 2. The first-order valence-electron chi connectivity index (χ1n) is 13.8. The number of aromatic nitrogens is 1. The Morgan fingerprint density at radius 3 is 2.51 bits per heavy atom. The first kappa shape index (κ1) is 30.1. The number of carbonyl (C=O) groups excluding carboxylic acids is 3. The summed E-state index contributed by atoms with van der Waals surface area (Å²) in [5, 5.41) is 16.2. The first-order valence-corrected chi connectivity index (χ1v) is 13.8. The summed E-state index contributed by atoms with van der Waals surface area (Å²) in [4.78, 5) is 56.4. The van der Waals surface area contributed by atoms with Crippen LogP contribution in [0.3, 0.4) is 0 Å². The minimum atomic E-state index is -1.07. The molecule has 0 aliphatic carbocycles. The van der Waals surface area contributed by atoms with Crippen LogP contribution in [-0.2, 0) is 25.6 Å². The molecular weight excluding hydrogens is 500 g/mol. The minimum absolute atomic E-state index is 0.160. The molecule has 0 spiro atoms. The number of rotatable bonds is 14. The number of H-pyrrole nitrogens is 1. The van der Waals surface area contributed by atoms with E-state index in [2.05, 4.69) is 15.6 Å². The van der Waals surface area contributed by atoms with Gasteiger partial charge in [-0.05, 0) is 62.6 Å². The highest BCUT2D eigenvalue weighted by molar-refractivity contribution is 5.95. The molecule has 3 rings (SSSR count). The van der Waals surface area contributed by atoms with Crippen LogP contribution in [-0.4, -0.2) is 75.9 Å². The van der Waals surface area contributed by atoms with E-state index in [0.717, 1.165) is 16.5 Å². The van der Waals surface area contributed by atoms with Crippen LogP contribution in [0.25, 0.3) is 10.9 Å². The first-order chi connectivity index (χ1) is 18.6. The number of para-hydroxylation sites is 1. The molecule has 4 atom stereocenters. The van der Waals surface area contributed by atoms with Crippen LogP contribution in [0.2, 0.25) is 0 Å². The average molecular weight is 543 g/mol. The predicted molar refractivity (Wildman–Crippen MR) is 149 cm³/mol. The number of carboxylic acid groups (broad SMARTS) is 1. The van der Waals surface area contributed by atoms with Gasteiger partial charge in [-0.2, -0.15) is 0 Å². The Bertz CT molecular complexity index is 1150. The molecule has 0 radical (unpaired) electrons. The monoisotopic (exact) mass is 542 g/mol. The van der Waals surface area contributed by atoms with E-state index in [-0.39, 0.29) is 12.3 Å². The minimum Gasteiger partial charge on any atom is -0.480 e. The Kier molecular flexibility index (Phi) is 10.9. The molecule has 11 nitrogen and oxygen atoms in total. The summed E-state index contributed by atoms with van der Waals surface area (Å²) in [7, 11) is 0. The third-order valence-electron chi connectivity index (χ3n) is 7.18. The number of aromatic amines is 1. The quantitative estimate of drug-likeness (QED) is 0.194. The van der Waals surface area contributed by atoms with E-state index in [1.807, 2.05) is 38.1 Å². The maximum absolute atomic E-state index is 13.7. The van der Waals surface area contributed by atoms with Crippen molar-refractivity contribution in [1.29, 1.82) is 0 Å². The van der Waals surface area contributed by atoms with Crippen LogP contribution >= 0.6 is 0 Å². The van der Waals surface area contributed by atoms with Crippen molar-refractivity contribution in [2.24, 2.45) is 17.4 Å². The summed E-state index contributed by atoms with van der Waals surface area (Å²) in [6, 6.07) is 4.00. The Labute approximate surface area is 229 Å². The van der Waals surface area contributed by atoms with Gasteiger partial charge in [-0.3, -0.25) is 14.4 Å². The third kappa shape index (κ3) is 8.03. The van der Waals surface area contributed by atoms with Crippen LogP contribution in [0.4, 0.5) is 0 Å². The summed E-state index contributed by atoms with van der Waals surface area (Å²) < 4.78 is 0. The number of hydrogen-bond donors (Lipinski definition) is 6. The van der Waals surface area contributed by atoms with Gasteiger partial charge in [0.25, 0.3) is 0 Å². The fraction of sp³-hybridized carbons (Fsp3) is 0.571. The lowest BCUT2D eigenvalue weighted by Gasteiger charge is -2.29. The number of amides is 3. The molecule has 1 saturated heterocycles. The molecule has 11 heteroatoms. The molecule has 8 N–H and O–H groups in total. The topological polar surface area (TPSA) is 184 Å². The largest absolute Gasteiger partial charge is 0.480 e. The number of aliphatic carboxylic acids is 1. The highest BCUT2D eigenvalue weighted by Crippen LogP contribution is 2.23. The molecule has 0 saturated carbocycles. The zero-order valence-corrected chi connectivity index (χ0v) is 22.8. The summed E-state index contributed by atoms with van der Waals surface area (Å²) in [6.45, 7) is 4.67. The van der Waals surface area contributed by atoms with Crippen molar-refractivity contribution in [3.63, 3.8) is 0 Å². The predicted octanol–water partition coefficient (Wildman–Crippen LogP) is 1.26. The normalized spacial score (nSPS) is 17.7. The number of nitrogens with zero attached hydrogens (tertiary/aromatic N) is 1. The number of carboxylic acids is 1. The average Bonchev–Trinajstić information content (AvgIpc) is 3.55. The van der Waals surface area contributed by atoms with Gasteiger partial charge in [0.2, 0.25) is 17.7 Å². The lowest BCUT2D eigenvalue weighted by molar-refractivity contribution is -0.149. The van der Waals surface area contributed by atoms with Crippen LogP contribution in [0, 0.1) is 5.92 Å². The smallest absolute Gasteiger partial charge is 0.326 e. The summed E-state index contributed by atoms with van der Waals surface area (Å²) >= 11 is 0. The zero-order chi connectivity index (χ0) is 28.5.